The molecule has 0 aliphatic rings. The third kappa shape index (κ3) is 70.1. The summed E-state index contributed by atoms with van der Waals surface area (Å²) >= 11 is 0. The Morgan fingerprint density at radius 1 is 0.524 bits per heavy atom. The Kier molecular flexibility index (Phi) is 95.7. The first-order valence-corrected chi connectivity index (χ1v) is 24.0. The van der Waals surface area contributed by atoms with E-state index in [1.54, 1.807) is 25.3 Å². The fourth-order valence-electron chi connectivity index (χ4n) is 3.63. The molecule has 0 spiro atoms. The molecule has 0 saturated carbocycles. The second-order valence-corrected chi connectivity index (χ2v) is 15.7. The molecule has 0 unspecified atom stereocenters. The number of rotatable bonds is 5. The Labute approximate surface area is 401 Å². The van der Waals surface area contributed by atoms with Crippen molar-refractivity contribution < 1.29 is 4.74 Å². The topological polar surface area (TPSA) is 44.2 Å². The molecular weight excluding hydrogens is 763 g/mol. The average Bonchev–Trinajstić information content (AvgIpc) is 3.28. The Balaban J connectivity index is -0.0000000546. The van der Waals surface area contributed by atoms with Crippen LogP contribution in [0.15, 0.2) is 135 Å². The van der Waals surface area contributed by atoms with Crippen LogP contribution >= 0.6 is 0 Å². The van der Waals surface area contributed by atoms with Crippen LogP contribution in [0.4, 0.5) is 0 Å². The van der Waals surface area contributed by atoms with Crippen molar-refractivity contribution in [3.8, 4) is 18.1 Å². The molecule has 3 rings (SSSR count). The molecule has 0 aromatic heterocycles. The number of methoxy groups -OCH3 is 1. The van der Waals surface area contributed by atoms with Gasteiger partial charge in [-0.3, -0.25) is 0 Å². The minimum atomic E-state index is 0. The van der Waals surface area contributed by atoms with Crippen LogP contribution in [0, 0.1) is 40.9 Å². The number of ether oxygens (including phenoxy) is 1. The molecular formula is C61H117NO. The average molecular weight is 881 g/mol. The number of allylic oxidation sites excluding steroid dienone is 3. The fraction of sp³-hybridized carbons (Fsp3) is 0.574. The molecule has 0 fully saturated rings. The van der Waals surface area contributed by atoms with Gasteiger partial charge in [0.1, 0.15) is 5.75 Å². The lowest BCUT2D eigenvalue weighted by Gasteiger charge is -2.57. The van der Waals surface area contributed by atoms with Crippen molar-refractivity contribution in [1.29, 1.82) is 0 Å². The maximum absolute atomic E-state index is 4.96. The van der Waals surface area contributed by atoms with Crippen LogP contribution < -0.4 is 10.9 Å². The van der Waals surface area contributed by atoms with Crippen molar-refractivity contribution in [1.82, 2.24) is 6.15 Å². The summed E-state index contributed by atoms with van der Waals surface area (Å²) in [6.07, 6.45) is 15.8. The van der Waals surface area contributed by atoms with Gasteiger partial charge >= 0.3 is 0 Å². The number of terminal acetylenes is 1. The Hall–Kier alpha value is -3.80. The number of para-hydroxylation sites is 1. The zero-order chi connectivity index (χ0) is 51.5. The van der Waals surface area contributed by atoms with Crippen molar-refractivity contribution in [2.45, 2.75) is 205 Å². The normalized spacial score (nSPS) is 8.52. The monoisotopic (exact) mass is 880 g/mol. The van der Waals surface area contributed by atoms with Gasteiger partial charge < -0.3 is 10.9 Å². The highest BCUT2D eigenvalue weighted by Gasteiger charge is 2.50. The highest BCUT2D eigenvalue weighted by molar-refractivity contribution is 5.20. The molecule has 0 radical (unpaired) electrons. The molecule has 63 heavy (non-hydrogen) atoms. The molecule has 0 heterocycles. The van der Waals surface area contributed by atoms with Crippen LogP contribution in [0.1, 0.15) is 204 Å². The van der Waals surface area contributed by atoms with E-state index >= 15 is 0 Å². The summed E-state index contributed by atoms with van der Waals surface area (Å²) in [6, 6.07) is 31.9. The molecule has 2 nitrogen and oxygen atoms in total. The number of unbranched alkanes of at least 4 members (excludes halogenated alkanes) is 2. The van der Waals surface area contributed by atoms with E-state index in [1.807, 2.05) is 147 Å². The van der Waals surface area contributed by atoms with Crippen molar-refractivity contribution in [2.24, 2.45) is 21.7 Å². The van der Waals surface area contributed by atoms with Crippen LogP contribution in [0.2, 0.25) is 0 Å². The van der Waals surface area contributed by atoms with Gasteiger partial charge in [0.25, 0.3) is 0 Å². The lowest BCUT2D eigenvalue weighted by atomic mass is 9.48. The summed E-state index contributed by atoms with van der Waals surface area (Å²) < 4.78 is 4.91. The van der Waals surface area contributed by atoms with Crippen LogP contribution in [0.25, 0.3) is 0 Å². The molecule has 3 aromatic carbocycles. The van der Waals surface area contributed by atoms with Crippen molar-refractivity contribution in [3.63, 3.8) is 0 Å². The molecule has 0 atom stereocenters. The molecule has 0 saturated heterocycles. The summed E-state index contributed by atoms with van der Waals surface area (Å²) in [5.41, 5.74) is 2.63. The smallest absolute Gasteiger partial charge is 0.118 e. The van der Waals surface area contributed by atoms with E-state index in [1.165, 1.54) is 31.2 Å². The third-order valence-electron chi connectivity index (χ3n) is 8.74. The Morgan fingerprint density at radius 2 is 0.746 bits per heavy atom. The van der Waals surface area contributed by atoms with E-state index in [0.29, 0.717) is 21.7 Å². The fourth-order valence-corrected chi connectivity index (χ4v) is 3.63. The van der Waals surface area contributed by atoms with Crippen LogP contribution in [-0.2, 0) is 0 Å². The number of hydrogen-bond donors (Lipinski definition) is 1. The zero-order valence-electron chi connectivity index (χ0n) is 47.8. The molecule has 3 aromatic rings. The molecule has 0 bridgehead atoms. The highest BCUT2D eigenvalue weighted by atomic mass is 16.5. The van der Waals surface area contributed by atoms with Gasteiger partial charge in [0.2, 0.25) is 0 Å². The second kappa shape index (κ2) is 69.9. The van der Waals surface area contributed by atoms with Gasteiger partial charge in [0, 0.05) is 6.42 Å². The number of hydrogen-bond acceptors (Lipinski definition) is 2. The van der Waals surface area contributed by atoms with Gasteiger partial charge in [-0.05, 0) is 54.1 Å². The summed E-state index contributed by atoms with van der Waals surface area (Å²) in [6.45, 7) is 64.4. The van der Waals surface area contributed by atoms with E-state index < -0.39 is 0 Å². The first-order chi connectivity index (χ1) is 29.1. The molecule has 0 aliphatic heterocycles. The standard InChI is InChI=1S/C14H30.C7H8O.C7H8.C6H6.C6H10.C4H6.2C3H8.C3H6.4C2H6.H3N/c1-11(2,3)13(7,8)14(9,10)12(4,5)6;1-8-7-5-3-2-4-6-7;1-7-5-3-2-4-6-7;1-2-4-6-5-3-1;1-3-5-6-4-2;1-3-4-2;3*1-3-2;4*1-2;/h1-10H3;2-6H,1H3;2-6H,1H3;1-6H;1H,4-6H2,2H3;3-4H,1-2H2;2*3H2,1-2H3;3H,1H2,2H3;4*1-2H3;1H3. The molecule has 372 valence electrons. The van der Waals surface area contributed by atoms with E-state index in [4.69, 9.17) is 11.2 Å². The Morgan fingerprint density at radius 3 is 0.857 bits per heavy atom. The first-order valence-electron chi connectivity index (χ1n) is 24.0. The van der Waals surface area contributed by atoms with Crippen LogP contribution in [-0.4, -0.2) is 7.11 Å². The third-order valence-corrected chi connectivity index (χ3v) is 8.74. The highest BCUT2D eigenvalue weighted by Crippen LogP contribution is 2.58. The summed E-state index contributed by atoms with van der Waals surface area (Å²) in [4.78, 5) is 0. The van der Waals surface area contributed by atoms with E-state index in [2.05, 4.69) is 149 Å². The lowest BCUT2D eigenvalue weighted by Crippen LogP contribution is -2.49. The van der Waals surface area contributed by atoms with E-state index in [-0.39, 0.29) is 6.15 Å². The maximum Gasteiger partial charge on any atom is 0.118 e. The van der Waals surface area contributed by atoms with Crippen molar-refractivity contribution >= 4 is 0 Å². The van der Waals surface area contributed by atoms with Crippen LogP contribution in [0.5, 0.6) is 5.75 Å². The Bertz CT molecular complexity index is 1130. The lowest BCUT2D eigenvalue weighted by molar-refractivity contribution is -0.0790. The second-order valence-electron chi connectivity index (χ2n) is 15.7. The quantitative estimate of drug-likeness (QED) is 0.120. The first kappa shape index (κ1) is 86.3. The number of aryl methyl sites for hydroxylation is 1. The van der Waals surface area contributed by atoms with Gasteiger partial charge in [0.05, 0.1) is 7.11 Å². The largest absolute Gasteiger partial charge is 0.497 e. The predicted molar refractivity (Wildman–Crippen MR) is 304 cm³/mol. The zero-order valence-corrected chi connectivity index (χ0v) is 47.8. The summed E-state index contributed by atoms with van der Waals surface area (Å²) in [7, 11) is 1.66. The van der Waals surface area contributed by atoms with Gasteiger partial charge in [-0.15, -0.1) is 18.9 Å². The molecule has 3 N–H and O–H groups in total. The molecule has 2 heteroatoms. The van der Waals surface area contributed by atoms with E-state index in [0.717, 1.165) is 12.2 Å². The maximum atomic E-state index is 4.96. The van der Waals surface area contributed by atoms with Gasteiger partial charge in [0.15, 0.2) is 0 Å². The minimum absolute atomic E-state index is 0. The van der Waals surface area contributed by atoms with Gasteiger partial charge in [-0.1, -0.05) is 300 Å². The summed E-state index contributed by atoms with van der Waals surface area (Å²) in [5, 5.41) is 0. The number of benzene rings is 3. The molecule has 0 amide bonds. The molecule has 0 aliphatic carbocycles. The van der Waals surface area contributed by atoms with Crippen molar-refractivity contribution in [2.75, 3.05) is 7.11 Å². The van der Waals surface area contributed by atoms with E-state index in [9.17, 15) is 0 Å². The van der Waals surface area contributed by atoms with Gasteiger partial charge in [-0.2, -0.15) is 0 Å². The van der Waals surface area contributed by atoms with Crippen LogP contribution in [0.3, 0.4) is 0 Å². The van der Waals surface area contributed by atoms with Gasteiger partial charge in [-0.25, -0.2) is 0 Å². The predicted octanol–water partition coefficient (Wildman–Crippen LogP) is 22.0. The SMILES string of the molecule is C#CCCCC.C=CC.C=CC=C.CC.CC.CC.CC.CC(C)(C)C(C)(C)C(C)(C)C(C)(C)C.CCC.CCC.COc1ccccc1.Cc1ccccc1.N.c1ccccc1. The summed E-state index contributed by atoms with van der Waals surface area (Å²) in [5.74, 6) is 3.48. The minimum Gasteiger partial charge on any atom is -0.497 e. The van der Waals surface area contributed by atoms with Crippen molar-refractivity contribution in [3.05, 3.63) is 141 Å².